The molecule has 3 aromatic rings. The third-order valence-corrected chi connectivity index (χ3v) is 4.03. The average Bonchev–Trinajstić information content (AvgIpc) is 2.98. The molecule has 0 unspecified atom stereocenters. The van der Waals surface area contributed by atoms with Crippen LogP contribution in [0.5, 0.6) is 0 Å². The number of aromatic nitrogens is 5. The van der Waals surface area contributed by atoms with Gasteiger partial charge in [0.15, 0.2) is 5.49 Å². The molecule has 0 aromatic carbocycles. The molecule has 7 nitrogen and oxygen atoms in total. The van der Waals surface area contributed by atoms with Crippen molar-refractivity contribution in [2.75, 3.05) is 6.26 Å². The molecule has 0 spiro atoms. The number of hydrogen-bond donors (Lipinski definition) is 0. The second kappa shape index (κ2) is 6.40. The molecule has 3 heterocycles. The van der Waals surface area contributed by atoms with Crippen LogP contribution in [0, 0.1) is 18.4 Å². The van der Waals surface area contributed by atoms with E-state index in [9.17, 15) is 0 Å². The molecule has 0 N–H and O–H groups in total. The number of pyridine rings is 1. The van der Waals surface area contributed by atoms with Gasteiger partial charge in [-0.05, 0) is 24.8 Å². The van der Waals surface area contributed by atoms with Gasteiger partial charge in [0.1, 0.15) is 5.15 Å². The third-order valence-electron chi connectivity index (χ3n) is 3.27. The van der Waals surface area contributed by atoms with Crippen LogP contribution in [0.4, 0.5) is 0 Å². The van der Waals surface area contributed by atoms with Gasteiger partial charge in [-0.1, -0.05) is 29.4 Å². The van der Waals surface area contributed by atoms with Crippen molar-refractivity contribution in [2.24, 2.45) is 4.99 Å². The number of rotatable bonds is 3. The lowest BCUT2D eigenvalue weighted by atomic mass is 10.2. The maximum atomic E-state index is 8.85. The summed E-state index contributed by atoms with van der Waals surface area (Å²) in [5.74, 6) is 0.623. The quantitative estimate of drug-likeness (QED) is 0.412. The largest absolute Gasteiger partial charge is 0.310 e. The first-order chi connectivity index (χ1) is 11.1. The standard InChI is InChI=1S/C14H12ClN7S/c1-9-5-12(18-8-16)22-14(19-13(20-22)23-2)21(9)7-10-3-4-11(15)17-6-10/h3-6H,7H2,1-2H3/b18-12+. The van der Waals surface area contributed by atoms with Crippen LogP contribution in [0.3, 0.4) is 0 Å². The highest BCUT2D eigenvalue weighted by Crippen LogP contribution is 2.13. The zero-order valence-corrected chi connectivity index (χ0v) is 14.0. The highest BCUT2D eigenvalue weighted by atomic mass is 35.5. The minimum Gasteiger partial charge on any atom is -0.310 e. The maximum Gasteiger partial charge on any atom is 0.235 e. The monoisotopic (exact) mass is 345 g/mol. The predicted molar refractivity (Wildman–Crippen MR) is 87.0 cm³/mol. The summed E-state index contributed by atoms with van der Waals surface area (Å²) >= 11 is 7.26. The molecule has 23 heavy (non-hydrogen) atoms. The molecule has 0 aliphatic carbocycles. The first kappa shape index (κ1) is 15.5. The molecular formula is C14H12ClN7S. The molecule has 0 aliphatic heterocycles. The first-order valence-electron chi connectivity index (χ1n) is 6.67. The molecule has 0 amide bonds. The Kier molecular flexibility index (Phi) is 4.32. The van der Waals surface area contributed by atoms with Crippen molar-refractivity contribution in [3.8, 4) is 6.19 Å². The van der Waals surface area contributed by atoms with Crippen molar-refractivity contribution < 1.29 is 0 Å². The van der Waals surface area contributed by atoms with Gasteiger partial charge in [-0.3, -0.25) is 0 Å². The summed E-state index contributed by atoms with van der Waals surface area (Å²) < 4.78 is 3.57. The molecule has 0 saturated carbocycles. The van der Waals surface area contributed by atoms with E-state index in [2.05, 4.69) is 20.1 Å². The van der Waals surface area contributed by atoms with Gasteiger partial charge in [-0.25, -0.2) is 4.98 Å². The van der Waals surface area contributed by atoms with Gasteiger partial charge in [0.25, 0.3) is 0 Å². The fourth-order valence-electron chi connectivity index (χ4n) is 2.19. The maximum absolute atomic E-state index is 8.85. The number of thioether (sulfide) groups is 1. The van der Waals surface area contributed by atoms with Crippen LogP contribution >= 0.6 is 23.4 Å². The zero-order chi connectivity index (χ0) is 16.4. The molecular weight excluding hydrogens is 334 g/mol. The Labute approximate surface area is 141 Å². The van der Waals surface area contributed by atoms with Gasteiger partial charge in [-0.2, -0.15) is 19.8 Å². The Bertz CT molecular complexity index is 966. The van der Waals surface area contributed by atoms with Gasteiger partial charge in [0.2, 0.25) is 17.1 Å². The molecule has 0 aliphatic rings. The van der Waals surface area contributed by atoms with E-state index in [0.717, 1.165) is 11.3 Å². The number of nitriles is 1. The molecule has 0 fully saturated rings. The highest BCUT2D eigenvalue weighted by Gasteiger charge is 2.11. The zero-order valence-electron chi connectivity index (χ0n) is 12.4. The number of nitrogens with zero attached hydrogens (tertiary/aromatic N) is 7. The molecule has 3 rings (SSSR count). The van der Waals surface area contributed by atoms with E-state index in [-0.39, 0.29) is 0 Å². The van der Waals surface area contributed by atoms with Crippen LogP contribution in [-0.4, -0.2) is 30.4 Å². The van der Waals surface area contributed by atoms with Crippen molar-refractivity contribution in [1.29, 1.82) is 5.26 Å². The number of hydrogen-bond acceptors (Lipinski definition) is 6. The van der Waals surface area contributed by atoms with Crippen LogP contribution in [0.25, 0.3) is 5.78 Å². The van der Waals surface area contributed by atoms with E-state index in [1.807, 2.05) is 23.8 Å². The molecule has 3 aromatic heterocycles. The Morgan fingerprint density at radius 1 is 1.43 bits per heavy atom. The predicted octanol–water partition coefficient (Wildman–Crippen LogP) is 2.04. The Balaban J connectivity index is 2.20. The second-order valence-corrected chi connectivity index (χ2v) is 5.90. The van der Waals surface area contributed by atoms with E-state index in [4.69, 9.17) is 16.9 Å². The lowest BCUT2D eigenvalue weighted by Gasteiger charge is -2.11. The molecule has 9 heteroatoms. The number of fused-ring (bicyclic) bond motifs is 1. The fraction of sp³-hybridized carbons (Fsp3) is 0.214. The van der Waals surface area contributed by atoms with E-state index >= 15 is 0 Å². The summed E-state index contributed by atoms with van der Waals surface area (Å²) in [6.07, 6.45) is 5.43. The van der Waals surface area contributed by atoms with Crippen molar-refractivity contribution in [1.82, 2.24) is 24.1 Å². The van der Waals surface area contributed by atoms with Gasteiger partial charge < -0.3 is 4.57 Å². The molecule has 0 saturated heterocycles. The SMILES string of the molecule is CSc1nc2n(Cc3ccc(Cl)nc3)c(C)c/c(=N\C#N)n2n1. The van der Waals surface area contributed by atoms with Crippen LogP contribution in [0.1, 0.15) is 11.3 Å². The van der Waals surface area contributed by atoms with Gasteiger partial charge >= 0.3 is 0 Å². The van der Waals surface area contributed by atoms with Crippen LogP contribution in [0.2, 0.25) is 5.15 Å². The second-order valence-electron chi connectivity index (χ2n) is 4.74. The summed E-state index contributed by atoms with van der Waals surface area (Å²) in [4.78, 5) is 12.4. The summed E-state index contributed by atoms with van der Waals surface area (Å²) in [7, 11) is 0. The average molecular weight is 346 g/mol. The number of halogens is 1. The van der Waals surface area contributed by atoms with E-state index in [1.54, 1.807) is 29.0 Å². The minimum atomic E-state index is 0.455. The normalized spacial score (nSPS) is 11.8. The summed E-state index contributed by atoms with van der Waals surface area (Å²) in [5, 5.41) is 14.3. The van der Waals surface area contributed by atoms with E-state index in [0.29, 0.717) is 28.1 Å². The van der Waals surface area contributed by atoms with Crippen LogP contribution < -0.4 is 5.49 Å². The molecule has 0 atom stereocenters. The van der Waals surface area contributed by atoms with Crippen molar-refractivity contribution in [3.05, 3.63) is 46.3 Å². The molecule has 0 radical (unpaired) electrons. The Morgan fingerprint density at radius 3 is 2.91 bits per heavy atom. The smallest absolute Gasteiger partial charge is 0.235 e. The summed E-state index contributed by atoms with van der Waals surface area (Å²) in [6, 6.07) is 5.47. The third kappa shape index (κ3) is 3.06. The van der Waals surface area contributed by atoms with Crippen molar-refractivity contribution in [2.45, 2.75) is 18.6 Å². The van der Waals surface area contributed by atoms with Crippen LogP contribution in [-0.2, 0) is 6.54 Å². The Morgan fingerprint density at radius 2 is 2.26 bits per heavy atom. The first-order valence-corrected chi connectivity index (χ1v) is 8.27. The van der Waals surface area contributed by atoms with Gasteiger partial charge in [0, 0.05) is 18.0 Å². The Hall–Kier alpha value is -2.37. The lowest BCUT2D eigenvalue weighted by molar-refractivity contribution is 0.721. The van der Waals surface area contributed by atoms with Crippen molar-refractivity contribution >= 4 is 29.1 Å². The topological polar surface area (TPSA) is 84.2 Å². The molecule has 116 valence electrons. The summed E-state index contributed by atoms with van der Waals surface area (Å²) in [5.41, 5.74) is 2.36. The van der Waals surface area contributed by atoms with E-state index in [1.165, 1.54) is 11.8 Å². The van der Waals surface area contributed by atoms with Gasteiger partial charge in [-0.15, -0.1) is 5.10 Å². The van der Waals surface area contributed by atoms with Gasteiger partial charge in [0.05, 0.1) is 6.54 Å². The fourth-order valence-corrected chi connectivity index (χ4v) is 2.64. The van der Waals surface area contributed by atoms with Crippen molar-refractivity contribution in [3.63, 3.8) is 0 Å². The number of aryl methyl sites for hydroxylation is 1. The highest BCUT2D eigenvalue weighted by molar-refractivity contribution is 7.98. The van der Waals surface area contributed by atoms with E-state index < -0.39 is 0 Å². The summed E-state index contributed by atoms with van der Waals surface area (Å²) in [6.45, 7) is 2.51. The van der Waals surface area contributed by atoms with Crippen LogP contribution in [0.15, 0.2) is 34.5 Å². The minimum absolute atomic E-state index is 0.455. The molecule has 0 bridgehead atoms. The lowest BCUT2D eigenvalue weighted by Crippen LogP contribution is -2.21.